The summed E-state index contributed by atoms with van der Waals surface area (Å²) in [6.45, 7) is 1.55. The summed E-state index contributed by atoms with van der Waals surface area (Å²) < 4.78 is 27.8. The number of nitrogens with one attached hydrogen (secondary N) is 1. The van der Waals surface area contributed by atoms with Gasteiger partial charge < -0.3 is 10.2 Å². The Morgan fingerprint density at radius 1 is 1.17 bits per heavy atom. The summed E-state index contributed by atoms with van der Waals surface area (Å²) in [4.78, 5) is 36.9. The highest BCUT2D eigenvalue weighted by molar-refractivity contribution is 6.09. The van der Waals surface area contributed by atoms with E-state index in [1.807, 2.05) is 18.2 Å². The van der Waals surface area contributed by atoms with Crippen molar-refractivity contribution in [1.29, 1.82) is 0 Å². The van der Waals surface area contributed by atoms with Crippen molar-refractivity contribution in [2.45, 2.75) is 18.9 Å². The van der Waals surface area contributed by atoms with Gasteiger partial charge in [-0.3, -0.25) is 19.7 Å². The molecule has 0 aromatic heterocycles. The SMILES string of the molecule is CN1C(=O)C(C)(Cc2ccccc2)NC(=O)/C1=C\c1c([N+](=O)[O-])ccc(F)c1F. The van der Waals surface area contributed by atoms with Gasteiger partial charge in [-0.1, -0.05) is 30.3 Å². The third-order valence-corrected chi connectivity index (χ3v) is 4.75. The van der Waals surface area contributed by atoms with Crippen LogP contribution < -0.4 is 5.32 Å². The lowest BCUT2D eigenvalue weighted by Gasteiger charge is -2.39. The standard InChI is InChI=1S/C20H17F2N3O4/c1-20(11-12-6-4-3-5-7-12)19(27)24(2)16(18(26)23-20)10-13-15(25(28)29)9-8-14(21)17(13)22/h3-10H,11H2,1-2H3,(H,23,26)/b16-10+. The molecule has 0 saturated carbocycles. The molecule has 1 unspecified atom stereocenters. The third-order valence-electron chi connectivity index (χ3n) is 4.75. The Kier molecular flexibility index (Phi) is 5.15. The summed E-state index contributed by atoms with van der Waals surface area (Å²) in [5, 5.41) is 13.8. The smallest absolute Gasteiger partial charge is 0.279 e. The molecular formula is C20H17F2N3O4. The molecule has 2 amide bonds. The van der Waals surface area contributed by atoms with E-state index in [-0.39, 0.29) is 12.1 Å². The zero-order valence-corrected chi connectivity index (χ0v) is 15.6. The number of piperazine rings is 1. The Hall–Kier alpha value is -3.62. The molecule has 1 aliphatic rings. The molecule has 0 radical (unpaired) electrons. The normalized spacial score (nSPS) is 20.7. The first kappa shape index (κ1) is 20.1. The second-order valence-corrected chi connectivity index (χ2v) is 6.89. The largest absolute Gasteiger partial charge is 0.336 e. The van der Waals surface area contributed by atoms with E-state index in [9.17, 15) is 28.5 Å². The minimum atomic E-state index is -1.47. The summed E-state index contributed by atoms with van der Waals surface area (Å²) >= 11 is 0. The number of carbonyl (C=O) groups excluding carboxylic acids is 2. The van der Waals surface area contributed by atoms with Crippen molar-refractivity contribution in [3.63, 3.8) is 0 Å². The van der Waals surface area contributed by atoms with Crippen LogP contribution in [0.1, 0.15) is 18.1 Å². The number of hydrogen-bond donors (Lipinski definition) is 1. The fourth-order valence-electron chi connectivity index (χ4n) is 3.28. The van der Waals surface area contributed by atoms with Gasteiger partial charge in [0, 0.05) is 19.5 Å². The quantitative estimate of drug-likeness (QED) is 0.484. The molecule has 1 aliphatic heterocycles. The molecule has 0 spiro atoms. The molecule has 29 heavy (non-hydrogen) atoms. The summed E-state index contributed by atoms with van der Waals surface area (Å²) in [6.07, 6.45) is 1.02. The highest BCUT2D eigenvalue weighted by Crippen LogP contribution is 2.29. The average molecular weight is 401 g/mol. The van der Waals surface area contributed by atoms with E-state index < -0.39 is 45.2 Å². The lowest BCUT2D eigenvalue weighted by molar-refractivity contribution is -0.385. The highest BCUT2D eigenvalue weighted by atomic mass is 19.2. The summed E-state index contributed by atoms with van der Waals surface area (Å²) in [5.41, 5.74) is -2.21. The Morgan fingerprint density at radius 2 is 1.83 bits per heavy atom. The van der Waals surface area contributed by atoms with Crippen LogP contribution in [0.15, 0.2) is 48.2 Å². The van der Waals surface area contributed by atoms with Crippen LogP contribution in [-0.2, 0) is 16.0 Å². The van der Waals surface area contributed by atoms with Crippen molar-refractivity contribution in [1.82, 2.24) is 10.2 Å². The van der Waals surface area contributed by atoms with E-state index in [4.69, 9.17) is 0 Å². The summed E-state index contributed by atoms with van der Waals surface area (Å²) in [7, 11) is 1.30. The molecule has 1 atom stereocenters. The zero-order valence-electron chi connectivity index (χ0n) is 15.6. The molecular weight excluding hydrogens is 384 g/mol. The molecule has 3 rings (SSSR count). The molecule has 1 heterocycles. The number of nitrogens with zero attached hydrogens (tertiary/aromatic N) is 2. The van der Waals surface area contributed by atoms with Gasteiger partial charge >= 0.3 is 0 Å². The summed E-state index contributed by atoms with van der Waals surface area (Å²) in [5.74, 6) is -4.00. The molecule has 1 N–H and O–H groups in total. The van der Waals surface area contributed by atoms with Crippen molar-refractivity contribution in [2.75, 3.05) is 7.05 Å². The van der Waals surface area contributed by atoms with Crippen LogP contribution in [0.4, 0.5) is 14.5 Å². The van der Waals surface area contributed by atoms with Crippen LogP contribution in [0.3, 0.4) is 0 Å². The van der Waals surface area contributed by atoms with Gasteiger partial charge in [-0.2, -0.15) is 0 Å². The van der Waals surface area contributed by atoms with Crippen molar-refractivity contribution in [2.24, 2.45) is 0 Å². The maximum Gasteiger partial charge on any atom is 0.279 e. The molecule has 0 aliphatic carbocycles. The predicted octanol–water partition coefficient (Wildman–Crippen LogP) is 2.80. The second-order valence-electron chi connectivity index (χ2n) is 6.89. The van der Waals surface area contributed by atoms with E-state index in [0.29, 0.717) is 6.07 Å². The Bertz CT molecular complexity index is 1040. The van der Waals surface area contributed by atoms with Crippen molar-refractivity contribution < 1.29 is 23.3 Å². The third kappa shape index (κ3) is 3.71. The molecule has 9 heteroatoms. The van der Waals surface area contributed by atoms with E-state index in [2.05, 4.69) is 5.32 Å². The second kappa shape index (κ2) is 7.42. The number of likely N-dealkylation sites (N-methyl/N-ethyl adjacent to an activating group) is 1. The molecule has 0 bridgehead atoms. The van der Waals surface area contributed by atoms with Crippen LogP contribution >= 0.6 is 0 Å². The topological polar surface area (TPSA) is 92.6 Å². The van der Waals surface area contributed by atoms with E-state index in [1.54, 1.807) is 19.1 Å². The maximum absolute atomic E-state index is 14.2. The lowest BCUT2D eigenvalue weighted by atomic mass is 9.88. The van der Waals surface area contributed by atoms with Gasteiger partial charge in [-0.15, -0.1) is 0 Å². The van der Waals surface area contributed by atoms with Crippen LogP contribution in [0.25, 0.3) is 6.08 Å². The number of halogens is 2. The number of nitro groups is 1. The van der Waals surface area contributed by atoms with E-state index in [1.165, 1.54) is 7.05 Å². The van der Waals surface area contributed by atoms with Crippen LogP contribution in [0.2, 0.25) is 0 Å². The fraction of sp³-hybridized carbons (Fsp3) is 0.200. The number of carbonyl (C=O) groups is 2. The van der Waals surface area contributed by atoms with Gasteiger partial charge in [0.15, 0.2) is 11.6 Å². The molecule has 150 valence electrons. The first-order valence-corrected chi connectivity index (χ1v) is 8.63. The fourth-order valence-corrected chi connectivity index (χ4v) is 3.28. The minimum Gasteiger partial charge on any atom is -0.336 e. The highest BCUT2D eigenvalue weighted by Gasteiger charge is 2.44. The predicted molar refractivity (Wildman–Crippen MR) is 100 cm³/mol. The first-order valence-electron chi connectivity index (χ1n) is 8.63. The lowest BCUT2D eigenvalue weighted by Crippen LogP contribution is -2.64. The van der Waals surface area contributed by atoms with Gasteiger partial charge in [-0.25, -0.2) is 8.78 Å². The van der Waals surface area contributed by atoms with Crippen LogP contribution in [0, 0.1) is 21.7 Å². The van der Waals surface area contributed by atoms with Crippen molar-refractivity contribution >= 4 is 23.6 Å². The van der Waals surface area contributed by atoms with Crippen LogP contribution in [-0.4, -0.2) is 34.2 Å². The maximum atomic E-state index is 14.2. The number of rotatable bonds is 4. The summed E-state index contributed by atoms with van der Waals surface area (Å²) in [6, 6.07) is 10.5. The first-order chi connectivity index (χ1) is 13.6. The van der Waals surface area contributed by atoms with Crippen molar-refractivity contribution in [3.8, 4) is 0 Å². The number of hydrogen-bond acceptors (Lipinski definition) is 4. The average Bonchev–Trinajstić information content (AvgIpc) is 2.67. The zero-order chi connectivity index (χ0) is 21.3. The van der Waals surface area contributed by atoms with Crippen molar-refractivity contribution in [3.05, 3.63) is 81.0 Å². The molecule has 2 aromatic carbocycles. The number of benzene rings is 2. The van der Waals surface area contributed by atoms with E-state index in [0.717, 1.165) is 22.6 Å². The molecule has 7 nitrogen and oxygen atoms in total. The van der Waals surface area contributed by atoms with Gasteiger partial charge in [-0.05, 0) is 24.6 Å². The number of nitro benzene ring substituents is 1. The van der Waals surface area contributed by atoms with Gasteiger partial charge in [0.05, 0.1) is 10.5 Å². The number of amides is 2. The van der Waals surface area contributed by atoms with Gasteiger partial charge in [0.25, 0.3) is 17.5 Å². The Balaban J connectivity index is 2.01. The minimum absolute atomic E-state index is 0.213. The molecule has 2 aromatic rings. The van der Waals surface area contributed by atoms with Gasteiger partial charge in [0.1, 0.15) is 11.2 Å². The monoisotopic (exact) mass is 401 g/mol. The molecule has 1 saturated heterocycles. The Morgan fingerprint density at radius 3 is 2.45 bits per heavy atom. The van der Waals surface area contributed by atoms with Crippen LogP contribution in [0.5, 0.6) is 0 Å². The molecule has 1 fully saturated rings. The van der Waals surface area contributed by atoms with E-state index >= 15 is 0 Å². The van der Waals surface area contributed by atoms with Gasteiger partial charge in [0.2, 0.25) is 0 Å². The Labute approximate surface area is 164 Å².